The summed E-state index contributed by atoms with van der Waals surface area (Å²) in [5, 5.41) is 13.6. The fourth-order valence-corrected chi connectivity index (χ4v) is 3.39. The van der Waals surface area contributed by atoms with E-state index in [1.165, 1.54) is 6.07 Å². The number of halogens is 1. The lowest BCUT2D eigenvalue weighted by Crippen LogP contribution is -2.47. The van der Waals surface area contributed by atoms with Gasteiger partial charge in [0.2, 0.25) is 0 Å². The van der Waals surface area contributed by atoms with Gasteiger partial charge in [-0.3, -0.25) is 9.88 Å². The molecule has 3 rings (SSSR count). The van der Waals surface area contributed by atoms with Gasteiger partial charge in [0.05, 0.1) is 5.69 Å². The van der Waals surface area contributed by atoms with Gasteiger partial charge < -0.3 is 20.1 Å². The number of nitrogens with one attached hydrogen (secondary N) is 1. The van der Waals surface area contributed by atoms with Gasteiger partial charge in [-0.05, 0) is 43.8 Å². The number of hydrogen-bond acceptors (Lipinski definition) is 6. The van der Waals surface area contributed by atoms with Crippen molar-refractivity contribution in [2.75, 3.05) is 52.9 Å². The number of β-amino-alcohol motifs (C(OH)–C–C–N with tert-alkyl or cyclic N) is 1. The molecule has 1 aliphatic rings. The zero-order valence-electron chi connectivity index (χ0n) is 17.1. The van der Waals surface area contributed by atoms with Crippen LogP contribution in [0.25, 0.3) is 0 Å². The number of aromatic nitrogens is 1. The second-order valence-electron chi connectivity index (χ2n) is 7.54. The van der Waals surface area contributed by atoms with Crippen molar-refractivity contribution in [1.29, 1.82) is 0 Å². The Hall–Kier alpha value is -2.06. The molecule has 1 aliphatic heterocycles. The Bertz CT molecular complexity index is 753. The molecule has 0 radical (unpaired) electrons. The third kappa shape index (κ3) is 7.04. The van der Waals surface area contributed by atoms with Crippen molar-refractivity contribution >= 4 is 0 Å². The Labute approximate surface area is 172 Å². The maximum atomic E-state index is 13.7. The number of nitrogens with zero attached hydrogens (tertiary/aromatic N) is 3. The molecule has 0 saturated carbocycles. The fourth-order valence-electron chi connectivity index (χ4n) is 3.39. The van der Waals surface area contributed by atoms with Crippen LogP contribution in [0.5, 0.6) is 5.75 Å². The van der Waals surface area contributed by atoms with E-state index in [-0.39, 0.29) is 12.4 Å². The Morgan fingerprint density at radius 2 is 1.97 bits per heavy atom. The molecule has 2 aromatic rings. The monoisotopic (exact) mass is 402 g/mol. The second kappa shape index (κ2) is 11.2. The second-order valence-corrected chi connectivity index (χ2v) is 7.54. The normalized spacial score (nSPS) is 16.7. The van der Waals surface area contributed by atoms with Crippen molar-refractivity contribution < 1.29 is 14.2 Å². The summed E-state index contributed by atoms with van der Waals surface area (Å²) in [5.74, 6) is 0.494. The summed E-state index contributed by atoms with van der Waals surface area (Å²) < 4.78 is 19.5. The minimum atomic E-state index is -0.541. The summed E-state index contributed by atoms with van der Waals surface area (Å²) in [6.45, 7) is 6.01. The minimum absolute atomic E-state index is 0.175. The third-order valence-corrected chi connectivity index (χ3v) is 5.17. The van der Waals surface area contributed by atoms with E-state index in [4.69, 9.17) is 4.74 Å². The van der Waals surface area contributed by atoms with E-state index in [0.717, 1.165) is 31.9 Å². The first-order chi connectivity index (χ1) is 14.1. The van der Waals surface area contributed by atoms with E-state index in [2.05, 4.69) is 27.1 Å². The number of hydrogen-bond donors (Lipinski definition) is 2. The van der Waals surface area contributed by atoms with Gasteiger partial charge in [0.25, 0.3) is 0 Å². The highest BCUT2D eigenvalue weighted by Gasteiger charge is 2.17. The van der Waals surface area contributed by atoms with Gasteiger partial charge in [-0.2, -0.15) is 0 Å². The lowest BCUT2D eigenvalue weighted by Gasteiger charge is -2.33. The van der Waals surface area contributed by atoms with E-state index in [0.29, 0.717) is 37.4 Å². The average molecular weight is 403 g/mol. The topological polar surface area (TPSA) is 60.9 Å². The quantitative estimate of drug-likeness (QED) is 0.588. The molecule has 1 fully saturated rings. The Kier molecular flexibility index (Phi) is 8.37. The molecule has 158 valence electrons. The van der Waals surface area contributed by atoms with Crippen LogP contribution in [-0.4, -0.2) is 78.9 Å². The zero-order chi connectivity index (χ0) is 20.5. The smallest absolute Gasteiger partial charge is 0.142 e. The molecule has 0 bridgehead atoms. The van der Waals surface area contributed by atoms with Crippen LogP contribution in [0.15, 0.2) is 42.6 Å². The summed E-state index contributed by atoms with van der Waals surface area (Å²) in [7, 11) is 2.12. The number of likely N-dealkylation sites (N-methyl/N-ethyl adjacent to an activating group) is 1. The van der Waals surface area contributed by atoms with E-state index in [1.807, 2.05) is 18.2 Å². The van der Waals surface area contributed by atoms with Crippen molar-refractivity contribution in [2.24, 2.45) is 0 Å². The van der Waals surface area contributed by atoms with Gasteiger partial charge in [-0.25, -0.2) is 4.39 Å². The summed E-state index contributed by atoms with van der Waals surface area (Å²) >= 11 is 0. The lowest BCUT2D eigenvalue weighted by atomic mass is 10.1. The van der Waals surface area contributed by atoms with Crippen LogP contribution in [0.2, 0.25) is 0 Å². The van der Waals surface area contributed by atoms with Gasteiger partial charge in [0, 0.05) is 45.5 Å². The molecule has 1 aromatic carbocycles. The Morgan fingerprint density at radius 3 is 2.76 bits per heavy atom. The average Bonchev–Trinajstić information content (AvgIpc) is 2.73. The van der Waals surface area contributed by atoms with Gasteiger partial charge in [0.1, 0.15) is 24.3 Å². The highest BCUT2D eigenvalue weighted by Crippen LogP contribution is 2.16. The van der Waals surface area contributed by atoms with Crippen LogP contribution in [0.3, 0.4) is 0 Å². The number of pyridine rings is 1. The molecule has 2 heterocycles. The number of ether oxygens (including phenoxy) is 1. The van der Waals surface area contributed by atoms with Crippen LogP contribution in [-0.2, 0) is 13.0 Å². The van der Waals surface area contributed by atoms with Crippen LogP contribution >= 0.6 is 0 Å². The Balaban J connectivity index is 1.42. The molecular weight excluding hydrogens is 371 g/mol. The lowest BCUT2D eigenvalue weighted by molar-refractivity contribution is 0.0501. The molecule has 6 nitrogen and oxygen atoms in total. The van der Waals surface area contributed by atoms with Crippen LogP contribution in [0.4, 0.5) is 4.39 Å². The molecule has 0 amide bonds. The standard InChI is InChI=1S/C22H31FN4O2/c1-26-11-13-27(14-12-26)16-19(28)17-29-22-7-4-9-25-21(22)15-24-10-8-18-5-2-3-6-20(18)23/h2-7,9,19,24,28H,8,10-17H2,1H3. The molecule has 29 heavy (non-hydrogen) atoms. The first-order valence-electron chi connectivity index (χ1n) is 10.2. The molecule has 0 aliphatic carbocycles. The van der Waals surface area contributed by atoms with Crippen molar-refractivity contribution in [2.45, 2.75) is 19.1 Å². The molecule has 1 saturated heterocycles. The van der Waals surface area contributed by atoms with Gasteiger partial charge in [0.15, 0.2) is 0 Å². The predicted molar refractivity (Wildman–Crippen MR) is 111 cm³/mol. The number of piperazine rings is 1. The van der Waals surface area contributed by atoms with Crippen LogP contribution in [0, 0.1) is 5.82 Å². The van der Waals surface area contributed by atoms with Crippen LogP contribution < -0.4 is 10.1 Å². The van der Waals surface area contributed by atoms with Crippen LogP contribution in [0.1, 0.15) is 11.3 Å². The number of rotatable bonds is 10. The van der Waals surface area contributed by atoms with E-state index >= 15 is 0 Å². The third-order valence-electron chi connectivity index (χ3n) is 5.17. The maximum Gasteiger partial charge on any atom is 0.142 e. The number of benzene rings is 1. The van der Waals surface area contributed by atoms with Gasteiger partial charge >= 0.3 is 0 Å². The molecule has 1 aromatic heterocycles. The highest BCUT2D eigenvalue weighted by atomic mass is 19.1. The summed E-state index contributed by atoms with van der Waals surface area (Å²) in [5.41, 5.74) is 1.48. The van der Waals surface area contributed by atoms with Crippen molar-refractivity contribution in [3.63, 3.8) is 0 Å². The summed E-state index contributed by atoms with van der Waals surface area (Å²) in [4.78, 5) is 8.94. The number of aliphatic hydroxyl groups excluding tert-OH is 1. The Morgan fingerprint density at radius 1 is 1.17 bits per heavy atom. The SMILES string of the molecule is CN1CCN(CC(O)COc2cccnc2CNCCc2ccccc2F)CC1. The van der Waals surface area contributed by atoms with E-state index in [9.17, 15) is 9.50 Å². The highest BCUT2D eigenvalue weighted by molar-refractivity contribution is 5.27. The summed E-state index contributed by atoms with van der Waals surface area (Å²) in [6, 6.07) is 10.5. The molecule has 7 heteroatoms. The predicted octanol–water partition coefficient (Wildman–Crippen LogP) is 1.54. The fraction of sp³-hybridized carbons (Fsp3) is 0.500. The minimum Gasteiger partial charge on any atom is -0.489 e. The molecule has 1 unspecified atom stereocenters. The van der Waals surface area contributed by atoms with E-state index < -0.39 is 6.10 Å². The van der Waals surface area contributed by atoms with Gasteiger partial charge in [-0.15, -0.1) is 0 Å². The maximum absolute atomic E-state index is 13.7. The largest absolute Gasteiger partial charge is 0.489 e. The van der Waals surface area contributed by atoms with Gasteiger partial charge in [-0.1, -0.05) is 18.2 Å². The molecular formula is C22H31FN4O2. The first-order valence-corrected chi connectivity index (χ1v) is 10.2. The molecule has 1 atom stereocenters. The molecule has 0 spiro atoms. The summed E-state index contributed by atoms with van der Waals surface area (Å²) in [6.07, 6.45) is 1.79. The van der Waals surface area contributed by atoms with E-state index in [1.54, 1.807) is 18.3 Å². The number of aliphatic hydroxyl groups is 1. The first kappa shape index (κ1) is 21.6. The van der Waals surface area contributed by atoms with Crippen molar-refractivity contribution in [3.05, 3.63) is 59.7 Å². The van der Waals surface area contributed by atoms with Crippen molar-refractivity contribution in [1.82, 2.24) is 20.1 Å². The zero-order valence-corrected chi connectivity index (χ0v) is 17.1. The molecule has 2 N–H and O–H groups in total. The van der Waals surface area contributed by atoms with Crippen molar-refractivity contribution in [3.8, 4) is 5.75 Å².